The van der Waals surface area contributed by atoms with Gasteiger partial charge in [0, 0.05) is 6.61 Å². The van der Waals surface area contributed by atoms with Gasteiger partial charge < -0.3 is 15.2 Å². The zero-order valence-electron chi connectivity index (χ0n) is 10.7. The normalized spacial score (nSPS) is 15.2. The first-order chi connectivity index (χ1) is 8.19. The molecule has 0 fully saturated rings. The van der Waals surface area contributed by atoms with Crippen LogP contribution in [0.4, 0.5) is 13.2 Å². The smallest absolute Gasteiger partial charge is 0.391 e. The zero-order valence-corrected chi connectivity index (χ0v) is 10.7. The van der Waals surface area contributed by atoms with E-state index in [1.807, 2.05) is 0 Å². The number of unbranched alkanes of at least 4 members (excludes halogenated alkanes) is 1. The standard InChI is InChI=1S/C11H20F3NO3/c1-10(15,9(16)17-2)5-3-4-7-18-8-6-11(12,13)14/h3-8,15H2,1-2H3. The van der Waals surface area contributed by atoms with Crippen LogP contribution < -0.4 is 5.73 Å². The van der Waals surface area contributed by atoms with Crippen molar-refractivity contribution in [2.75, 3.05) is 20.3 Å². The lowest BCUT2D eigenvalue weighted by atomic mass is 9.96. The lowest BCUT2D eigenvalue weighted by Gasteiger charge is -2.21. The summed E-state index contributed by atoms with van der Waals surface area (Å²) in [6, 6.07) is 0. The van der Waals surface area contributed by atoms with E-state index < -0.39 is 24.1 Å². The molecule has 0 spiro atoms. The van der Waals surface area contributed by atoms with Crippen LogP contribution in [0.1, 0.15) is 32.6 Å². The van der Waals surface area contributed by atoms with Crippen molar-refractivity contribution in [3.63, 3.8) is 0 Å². The molecule has 0 radical (unpaired) electrons. The van der Waals surface area contributed by atoms with Crippen LogP contribution in [0.25, 0.3) is 0 Å². The largest absolute Gasteiger partial charge is 0.468 e. The van der Waals surface area contributed by atoms with Crippen LogP contribution in [0.15, 0.2) is 0 Å². The van der Waals surface area contributed by atoms with E-state index in [1.165, 1.54) is 7.11 Å². The van der Waals surface area contributed by atoms with E-state index in [2.05, 4.69) is 4.74 Å². The molecule has 0 aromatic heterocycles. The number of hydrogen-bond donors (Lipinski definition) is 1. The number of hydrogen-bond acceptors (Lipinski definition) is 4. The van der Waals surface area contributed by atoms with Gasteiger partial charge in [-0.05, 0) is 26.2 Å². The van der Waals surface area contributed by atoms with Crippen LogP contribution >= 0.6 is 0 Å². The van der Waals surface area contributed by atoms with Crippen LogP contribution in [-0.4, -0.2) is 38.0 Å². The van der Waals surface area contributed by atoms with Gasteiger partial charge in [0.05, 0.1) is 20.1 Å². The van der Waals surface area contributed by atoms with Crippen LogP contribution in [0, 0.1) is 0 Å². The highest BCUT2D eigenvalue weighted by Gasteiger charge is 2.28. The maximum atomic E-state index is 11.8. The average Bonchev–Trinajstić information content (AvgIpc) is 2.25. The molecule has 18 heavy (non-hydrogen) atoms. The maximum absolute atomic E-state index is 11.8. The Morgan fingerprint density at radius 1 is 1.17 bits per heavy atom. The topological polar surface area (TPSA) is 61.5 Å². The van der Waals surface area contributed by atoms with Crippen molar-refractivity contribution in [3.05, 3.63) is 0 Å². The maximum Gasteiger partial charge on any atom is 0.391 e. The van der Waals surface area contributed by atoms with Gasteiger partial charge in [0.2, 0.25) is 0 Å². The molecule has 0 saturated carbocycles. The summed E-state index contributed by atoms with van der Waals surface area (Å²) in [5.74, 6) is -0.500. The average molecular weight is 271 g/mol. The molecular weight excluding hydrogens is 251 g/mol. The highest BCUT2D eigenvalue weighted by atomic mass is 19.4. The van der Waals surface area contributed by atoms with E-state index in [0.717, 1.165) is 0 Å². The first kappa shape index (κ1) is 17.2. The highest BCUT2D eigenvalue weighted by Crippen LogP contribution is 2.19. The van der Waals surface area contributed by atoms with E-state index >= 15 is 0 Å². The lowest BCUT2D eigenvalue weighted by Crippen LogP contribution is -2.45. The Bertz CT molecular complexity index is 254. The van der Waals surface area contributed by atoms with E-state index in [9.17, 15) is 18.0 Å². The SMILES string of the molecule is COC(=O)C(C)(N)CCCCOCCC(F)(F)F. The molecule has 7 heteroatoms. The summed E-state index contributed by atoms with van der Waals surface area (Å²) in [4.78, 5) is 11.2. The Morgan fingerprint density at radius 2 is 1.78 bits per heavy atom. The Labute approximate surface area is 105 Å². The summed E-state index contributed by atoms with van der Waals surface area (Å²) in [7, 11) is 1.26. The molecule has 0 rings (SSSR count). The third-order valence-electron chi connectivity index (χ3n) is 2.42. The number of ether oxygens (including phenoxy) is 2. The minimum absolute atomic E-state index is 0.229. The summed E-state index contributed by atoms with van der Waals surface area (Å²) in [6.45, 7) is 1.46. The number of rotatable bonds is 8. The van der Waals surface area contributed by atoms with Crippen LogP contribution in [-0.2, 0) is 14.3 Å². The molecule has 4 nitrogen and oxygen atoms in total. The minimum atomic E-state index is -4.18. The van der Waals surface area contributed by atoms with Gasteiger partial charge in [-0.3, -0.25) is 4.79 Å². The summed E-state index contributed by atoms with van der Waals surface area (Å²) < 4.78 is 44.7. The molecule has 0 heterocycles. The first-order valence-corrected chi connectivity index (χ1v) is 5.71. The van der Waals surface area contributed by atoms with Gasteiger partial charge >= 0.3 is 12.1 Å². The fourth-order valence-corrected chi connectivity index (χ4v) is 1.32. The van der Waals surface area contributed by atoms with Crippen molar-refractivity contribution in [1.29, 1.82) is 0 Å². The van der Waals surface area contributed by atoms with Crippen molar-refractivity contribution in [1.82, 2.24) is 0 Å². The quantitative estimate of drug-likeness (QED) is 0.542. The van der Waals surface area contributed by atoms with Crippen LogP contribution in [0.5, 0.6) is 0 Å². The van der Waals surface area contributed by atoms with Crippen molar-refractivity contribution < 1.29 is 27.4 Å². The molecule has 0 aliphatic rings. The second-order valence-electron chi connectivity index (χ2n) is 4.34. The Morgan fingerprint density at radius 3 is 2.28 bits per heavy atom. The number of halogens is 3. The molecule has 0 bridgehead atoms. The molecule has 1 atom stereocenters. The second kappa shape index (κ2) is 7.58. The lowest BCUT2D eigenvalue weighted by molar-refractivity contribution is -0.147. The Balaban J connectivity index is 3.54. The number of carbonyl (C=O) groups is 1. The number of carbonyl (C=O) groups excluding carboxylic acids is 1. The van der Waals surface area contributed by atoms with Crippen molar-refractivity contribution >= 4 is 5.97 Å². The Hall–Kier alpha value is -0.820. The van der Waals surface area contributed by atoms with Crippen molar-refractivity contribution in [2.24, 2.45) is 5.73 Å². The molecule has 0 saturated heterocycles. The number of esters is 1. The van der Waals surface area contributed by atoms with E-state index in [-0.39, 0.29) is 13.2 Å². The first-order valence-electron chi connectivity index (χ1n) is 5.71. The predicted octanol–water partition coefficient (Wildman–Crippen LogP) is 2.02. The molecular formula is C11H20F3NO3. The van der Waals surface area contributed by atoms with Gasteiger partial charge in [0.25, 0.3) is 0 Å². The predicted molar refractivity (Wildman–Crippen MR) is 60.0 cm³/mol. The van der Waals surface area contributed by atoms with Gasteiger partial charge in [-0.2, -0.15) is 13.2 Å². The van der Waals surface area contributed by atoms with Gasteiger partial charge in [-0.25, -0.2) is 0 Å². The second-order valence-corrected chi connectivity index (χ2v) is 4.34. The summed E-state index contributed by atoms with van der Waals surface area (Å²) in [5, 5.41) is 0. The van der Waals surface area contributed by atoms with E-state index in [4.69, 9.17) is 10.5 Å². The zero-order chi connectivity index (χ0) is 14.2. The monoisotopic (exact) mass is 271 g/mol. The minimum Gasteiger partial charge on any atom is -0.468 e. The van der Waals surface area contributed by atoms with Gasteiger partial charge in [-0.1, -0.05) is 0 Å². The van der Waals surface area contributed by atoms with Crippen molar-refractivity contribution in [2.45, 2.75) is 44.3 Å². The summed E-state index contributed by atoms with van der Waals surface area (Å²) in [5.41, 5.74) is 4.65. The van der Waals surface area contributed by atoms with Gasteiger partial charge in [0.1, 0.15) is 5.54 Å². The fourth-order valence-electron chi connectivity index (χ4n) is 1.32. The van der Waals surface area contributed by atoms with Gasteiger partial charge in [0.15, 0.2) is 0 Å². The third-order valence-corrected chi connectivity index (χ3v) is 2.42. The number of alkyl halides is 3. The third kappa shape index (κ3) is 8.30. The number of nitrogens with two attached hydrogens (primary N) is 1. The van der Waals surface area contributed by atoms with Gasteiger partial charge in [-0.15, -0.1) is 0 Å². The van der Waals surface area contributed by atoms with Crippen LogP contribution in [0.3, 0.4) is 0 Å². The molecule has 108 valence electrons. The van der Waals surface area contributed by atoms with Crippen LogP contribution in [0.2, 0.25) is 0 Å². The molecule has 0 aromatic carbocycles. The Kier molecular flexibility index (Phi) is 7.23. The molecule has 2 N–H and O–H groups in total. The van der Waals surface area contributed by atoms with Crippen molar-refractivity contribution in [3.8, 4) is 0 Å². The summed E-state index contributed by atoms with van der Waals surface area (Å²) >= 11 is 0. The summed E-state index contributed by atoms with van der Waals surface area (Å²) in [6.07, 6.45) is -3.57. The number of methoxy groups -OCH3 is 1. The molecule has 0 aliphatic heterocycles. The highest BCUT2D eigenvalue weighted by molar-refractivity contribution is 5.79. The molecule has 0 aliphatic carbocycles. The van der Waals surface area contributed by atoms with E-state index in [1.54, 1.807) is 6.92 Å². The molecule has 0 amide bonds. The fraction of sp³-hybridized carbons (Fsp3) is 0.909. The molecule has 1 unspecified atom stereocenters. The molecule has 0 aromatic rings. The van der Waals surface area contributed by atoms with E-state index in [0.29, 0.717) is 19.3 Å².